The Balaban J connectivity index is 1.12. The molecule has 0 saturated carbocycles. The van der Waals surface area contributed by atoms with Gasteiger partial charge in [0.25, 0.3) is 0 Å². The van der Waals surface area contributed by atoms with E-state index in [4.69, 9.17) is 24.4 Å². The number of thiophene rings is 1. The number of aromatic nitrogens is 6. The number of benzene rings is 8. The van der Waals surface area contributed by atoms with E-state index in [-0.39, 0.29) is 0 Å². The molecule has 13 aromatic rings. The average Bonchev–Trinajstić information content (AvgIpc) is 4.08. The second-order valence-corrected chi connectivity index (χ2v) is 16.1. The minimum atomic E-state index is 0.546. The zero-order valence-electron chi connectivity index (χ0n) is 31.8. The number of nitrogens with zero attached hydrogens (tertiary/aromatic N) is 6. The molecule has 0 aliphatic heterocycles. The molecule has 280 valence electrons. The summed E-state index contributed by atoms with van der Waals surface area (Å²) in [7, 11) is 0. The first-order valence-electron chi connectivity index (χ1n) is 19.9. The minimum Gasteiger partial charge on any atom is -0.436 e. The van der Waals surface area contributed by atoms with Gasteiger partial charge in [-0.15, -0.1) is 11.3 Å². The van der Waals surface area contributed by atoms with Crippen molar-refractivity contribution in [3.8, 4) is 45.9 Å². The highest BCUT2D eigenvalue weighted by Crippen LogP contribution is 2.42. The van der Waals surface area contributed by atoms with Crippen molar-refractivity contribution in [1.29, 1.82) is 0 Å². The molecule has 7 nitrogen and oxygen atoms in total. The number of hydrogen-bond donors (Lipinski definition) is 0. The monoisotopic (exact) mass is 786 g/mol. The van der Waals surface area contributed by atoms with Gasteiger partial charge in [0.1, 0.15) is 5.52 Å². The third-order valence-corrected chi connectivity index (χ3v) is 12.8. The second kappa shape index (κ2) is 12.8. The van der Waals surface area contributed by atoms with E-state index in [1.165, 1.54) is 20.2 Å². The summed E-state index contributed by atoms with van der Waals surface area (Å²) < 4.78 is 13.4. The summed E-state index contributed by atoms with van der Waals surface area (Å²) in [4.78, 5) is 20.8. The Hall–Kier alpha value is -7.94. The van der Waals surface area contributed by atoms with Crippen LogP contribution in [0.3, 0.4) is 0 Å². The number of para-hydroxylation sites is 4. The smallest absolute Gasteiger partial charge is 0.238 e. The van der Waals surface area contributed by atoms with Crippen molar-refractivity contribution in [1.82, 2.24) is 29.1 Å². The summed E-state index contributed by atoms with van der Waals surface area (Å²) in [5.41, 5.74) is 9.48. The van der Waals surface area contributed by atoms with Crippen molar-refractivity contribution in [2.75, 3.05) is 0 Å². The molecule has 5 aromatic heterocycles. The standard InChI is InChI=1S/C52H30N6OS/c1-2-13-31(14-3-1)49-54-50(32-25-28-46-40(30-32)37-19-6-11-24-45(37)60-46)56-52(55-49)58-43-22-9-5-18-36(43)39-27-26-38-35-17-4-8-21-42(35)57(47(38)48(39)58)34-16-12-15-33(29-34)51-53-41-20-7-10-23-44(41)59-51/h1-30H. The van der Waals surface area contributed by atoms with Crippen LogP contribution in [0, 0.1) is 0 Å². The molecule has 60 heavy (non-hydrogen) atoms. The number of fused-ring (bicyclic) bond motifs is 11. The first kappa shape index (κ1) is 33.1. The molecule has 0 unspecified atom stereocenters. The lowest BCUT2D eigenvalue weighted by Crippen LogP contribution is -2.07. The maximum atomic E-state index is 6.28. The number of rotatable bonds is 5. The fourth-order valence-corrected chi connectivity index (χ4v) is 10.0. The van der Waals surface area contributed by atoms with E-state index in [0.29, 0.717) is 23.5 Å². The molecule has 0 N–H and O–H groups in total. The van der Waals surface area contributed by atoms with Crippen LogP contribution in [-0.2, 0) is 0 Å². The van der Waals surface area contributed by atoms with Gasteiger partial charge in [0, 0.05) is 64.1 Å². The Morgan fingerprint density at radius 1 is 0.400 bits per heavy atom. The molecule has 5 heterocycles. The molecular weight excluding hydrogens is 757 g/mol. The fourth-order valence-electron chi connectivity index (χ4n) is 8.93. The molecule has 0 aliphatic rings. The fraction of sp³-hybridized carbons (Fsp3) is 0. The van der Waals surface area contributed by atoms with Crippen LogP contribution in [0.1, 0.15) is 0 Å². The van der Waals surface area contributed by atoms with Gasteiger partial charge < -0.3 is 8.98 Å². The lowest BCUT2D eigenvalue weighted by Gasteiger charge is -2.13. The summed E-state index contributed by atoms with van der Waals surface area (Å²) >= 11 is 1.80. The third-order valence-electron chi connectivity index (χ3n) is 11.6. The first-order chi connectivity index (χ1) is 29.7. The van der Waals surface area contributed by atoms with Gasteiger partial charge in [-0.05, 0) is 66.7 Å². The van der Waals surface area contributed by atoms with Crippen LogP contribution in [0.4, 0.5) is 0 Å². The van der Waals surface area contributed by atoms with E-state index >= 15 is 0 Å². The Morgan fingerprint density at radius 2 is 1.03 bits per heavy atom. The lowest BCUT2D eigenvalue weighted by atomic mass is 10.1. The molecule has 0 aliphatic carbocycles. The molecule has 13 rings (SSSR count). The SMILES string of the molecule is c1ccc(-c2nc(-c3ccc4sc5ccccc5c4c3)nc(-n3c4ccccc4c4ccc5c6ccccc6n(-c6cccc(-c7nc8ccccc8o7)c6)c5c43)n2)cc1. The van der Waals surface area contributed by atoms with Gasteiger partial charge in [0.05, 0.1) is 22.1 Å². The Morgan fingerprint density at radius 3 is 1.83 bits per heavy atom. The molecule has 0 bridgehead atoms. The minimum absolute atomic E-state index is 0.546. The summed E-state index contributed by atoms with van der Waals surface area (Å²) in [5, 5.41) is 6.92. The molecule has 0 saturated heterocycles. The predicted octanol–water partition coefficient (Wildman–Crippen LogP) is 13.6. The number of oxazole rings is 1. The number of hydrogen-bond acceptors (Lipinski definition) is 6. The van der Waals surface area contributed by atoms with E-state index in [9.17, 15) is 0 Å². The highest BCUT2D eigenvalue weighted by molar-refractivity contribution is 7.25. The van der Waals surface area contributed by atoms with Gasteiger partial charge >= 0.3 is 0 Å². The summed E-state index contributed by atoms with van der Waals surface area (Å²) in [6.45, 7) is 0. The highest BCUT2D eigenvalue weighted by atomic mass is 32.1. The Bertz CT molecular complexity index is 3820. The van der Waals surface area contributed by atoms with E-state index in [1.807, 2.05) is 42.5 Å². The van der Waals surface area contributed by atoms with Crippen LogP contribution < -0.4 is 0 Å². The van der Waals surface area contributed by atoms with Crippen LogP contribution >= 0.6 is 11.3 Å². The molecule has 0 radical (unpaired) electrons. The van der Waals surface area contributed by atoms with Crippen LogP contribution in [0.25, 0.3) is 121 Å². The normalized spacial score (nSPS) is 12.0. The highest BCUT2D eigenvalue weighted by Gasteiger charge is 2.24. The largest absolute Gasteiger partial charge is 0.436 e. The zero-order valence-corrected chi connectivity index (χ0v) is 32.6. The maximum absolute atomic E-state index is 6.28. The van der Waals surface area contributed by atoms with E-state index < -0.39 is 0 Å². The second-order valence-electron chi connectivity index (χ2n) is 15.1. The van der Waals surface area contributed by atoms with Crippen molar-refractivity contribution >= 4 is 86.2 Å². The molecule has 8 aromatic carbocycles. The van der Waals surface area contributed by atoms with Crippen molar-refractivity contribution in [2.24, 2.45) is 0 Å². The van der Waals surface area contributed by atoms with Crippen molar-refractivity contribution in [3.63, 3.8) is 0 Å². The molecule has 8 heteroatoms. The summed E-state index contributed by atoms with van der Waals surface area (Å²) in [6.07, 6.45) is 0. The van der Waals surface area contributed by atoms with Gasteiger partial charge in [0.15, 0.2) is 17.2 Å². The molecule has 0 fully saturated rings. The summed E-state index contributed by atoms with van der Waals surface area (Å²) in [5.74, 6) is 2.35. The lowest BCUT2D eigenvalue weighted by molar-refractivity contribution is 0.620. The Labute approximate surface area is 346 Å². The quantitative estimate of drug-likeness (QED) is 0.174. The topological polar surface area (TPSA) is 74.6 Å². The van der Waals surface area contributed by atoms with Crippen LogP contribution in [0.5, 0.6) is 0 Å². The zero-order chi connectivity index (χ0) is 39.3. The molecule has 0 amide bonds. The van der Waals surface area contributed by atoms with Gasteiger partial charge in [-0.25, -0.2) is 9.97 Å². The van der Waals surface area contributed by atoms with Crippen molar-refractivity contribution in [2.45, 2.75) is 0 Å². The van der Waals surface area contributed by atoms with Crippen LogP contribution in [0.2, 0.25) is 0 Å². The van der Waals surface area contributed by atoms with E-state index in [0.717, 1.165) is 77.1 Å². The van der Waals surface area contributed by atoms with E-state index in [1.54, 1.807) is 11.3 Å². The average molecular weight is 787 g/mol. The van der Waals surface area contributed by atoms with Crippen LogP contribution in [0.15, 0.2) is 186 Å². The molecule has 0 atom stereocenters. The van der Waals surface area contributed by atoms with Gasteiger partial charge in [-0.1, -0.05) is 115 Å². The van der Waals surface area contributed by atoms with Crippen molar-refractivity contribution < 1.29 is 4.42 Å². The van der Waals surface area contributed by atoms with Gasteiger partial charge in [0.2, 0.25) is 11.8 Å². The maximum Gasteiger partial charge on any atom is 0.238 e. The van der Waals surface area contributed by atoms with Crippen LogP contribution in [-0.4, -0.2) is 29.1 Å². The van der Waals surface area contributed by atoms with Gasteiger partial charge in [-0.3, -0.25) is 4.57 Å². The molecule has 0 spiro atoms. The van der Waals surface area contributed by atoms with Gasteiger partial charge in [-0.2, -0.15) is 9.97 Å². The predicted molar refractivity (Wildman–Crippen MR) is 245 cm³/mol. The third kappa shape index (κ3) is 4.95. The van der Waals surface area contributed by atoms with Crippen molar-refractivity contribution in [3.05, 3.63) is 182 Å². The first-order valence-corrected chi connectivity index (χ1v) is 20.7. The van der Waals surface area contributed by atoms with E-state index in [2.05, 4.69) is 149 Å². The molecular formula is C52H30N6OS. The summed E-state index contributed by atoms with van der Waals surface area (Å²) in [6, 6.07) is 63.3. The Kier molecular flexibility index (Phi) is 7.05.